The summed E-state index contributed by atoms with van der Waals surface area (Å²) in [6, 6.07) is 13.8. The van der Waals surface area contributed by atoms with Crippen LogP contribution < -0.4 is 9.62 Å². The van der Waals surface area contributed by atoms with Crippen LogP contribution in [0.3, 0.4) is 0 Å². The summed E-state index contributed by atoms with van der Waals surface area (Å²) in [5.74, 6) is -0.310. The Morgan fingerprint density at radius 1 is 0.962 bits per heavy atom. The Labute approximate surface area is 156 Å². The smallest absolute Gasteiger partial charge is 0.264 e. The summed E-state index contributed by atoms with van der Waals surface area (Å²) in [5, 5.41) is 2.78. The molecule has 0 aromatic heterocycles. The van der Waals surface area contributed by atoms with Gasteiger partial charge in [-0.15, -0.1) is 0 Å². The SMILES string of the molecule is CCCCNC(=O)CN(c1ccc(C)cc1)S(=O)(=O)c1ccc(C)cc1. The van der Waals surface area contributed by atoms with E-state index < -0.39 is 10.0 Å². The molecule has 0 spiro atoms. The molecule has 2 aromatic rings. The summed E-state index contributed by atoms with van der Waals surface area (Å²) in [4.78, 5) is 12.5. The third kappa shape index (κ3) is 5.08. The van der Waals surface area contributed by atoms with Crippen molar-refractivity contribution in [3.8, 4) is 0 Å². The van der Waals surface area contributed by atoms with Crippen molar-refractivity contribution in [3.05, 3.63) is 59.7 Å². The standard InChI is InChI=1S/C20H26N2O3S/c1-4-5-14-21-20(23)15-22(18-10-6-16(2)7-11-18)26(24,25)19-12-8-17(3)9-13-19/h6-13H,4-5,14-15H2,1-3H3,(H,21,23). The van der Waals surface area contributed by atoms with Crippen LogP contribution in [-0.2, 0) is 14.8 Å². The van der Waals surface area contributed by atoms with Crippen molar-refractivity contribution in [2.75, 3.05) is 17.4 Å². The zero-order valence-electron chi connectivity index (χ0n) is 15.5. The van der Waals surface area contributed by atoms with Gasteiger partial charge >= 0.3 is 0 Å². The molecule has 0 aliphatic carbocycles. The molecule has 0 aliphatic heterocycles. The number of sulfonamides is 1. The van der Waals surface area contributed by atoms with Crippen molar-refractivity contribution in [3.63, 3.8) is 0 Å². The fraction of sp³-hybridized carbons (Fsp3) is 0.350. The number of nitrogens with zero attached hydrogens (tertiary/aromatic N) is 1. The molecule has 0 unspecified atom stereocenters. The lowest BCUT2D eigenvalue weighted by Crippen LogP contribution is -2.41. The van der Waals surface area contributed by atoms with Crippen LogP contribution in [0.4, 0.5) is 5.69 Å². The fourth-order valence-corrected chi connectivity index (χ4v) is 3.88. The van der Waals surface area contributed by atoms with Gasteiger partial charge in [-0.3, -0.25) is 9.10 Å². The van der Waals surface area contributed by atoms with Gasteiger partial charge in [0.05, 0.1) is 10.6 Å². The molecule has 0 saturated heterocycles. The molecule has 1 N–H and O–H groups in total. The number of unbranched alkanes of at least 4 members (excludes halogenated alkanes) is 1. The summed E-state index contributed by atoms with van der Waals surface area (Å²) in [7, 11) is -3.84. The van der Waals surface area contributed by atoms with E-state index in [1.165, 1.54) is 4.31 Å². The molecule has 5 nitrogen and oxygen atoms in total. The Morgan fingerprint density at radius 2 is 1.50 bits per heavy atom. The van der Waals surface area contributed by atoms with Gasteiger partial charge in [0.15, 0.2) is 0 Å². The predicted molar refractivity (Wildman–Crippen MR) is 105 cm³/mol. The Kier molecular flexibility index (Phi) is 6.80. The fourth-order valence-electron chi connectivity index (χ4n) is 2.45. The zero-order chi connectivity index (χ0) is 19.2. The van der Waals surface area contributed by atoms with Crippen LogP contribution in [0.2, 0.25) is 0 Å². The molecular weight excluding hydrogens is 348 g/mol. The van der Waals surface area contributed by atoms with E-state index in [1.807, 2.05) is 32.9 Å². The van der Waals surface area contributed by atoms with Crippen LogP contribution in [0.1, 0.15) is 30.9 Å². The molecule has 0 bridgehead atoms. The van der Waals surface area contributed by atoms with E-state index in [4.69, 9.17) is 0 Å². The quantitative estimate of drug-likeness (QED) is 0.720. The topological polar surface area (TPSA) is 66.5 Å². The average molecular weight is 375 g/mol. The second-order valence-corrected chi connectivity index (χ2v) is 8.23. The van der Waals surface area contributed by atoms with Gasteiger partial charge in [0.25, 0.3) is 10.0 Å². The predicted octanol–water partition coefficient (Wildman–Crippen LogP) is 3.42. The van der Waals surface area contributed by atoms with Crippen LogP contribution >= 0.6 is 0 Å². The van der Waals surface area contributed by atoms with Crippen molar-refractivity contribution in [2.24, 2.45) is 0 Å². The average Bonchev–Trinajstić information content (AvgIpc) is 2.61. The highest BCUT2D eigenvalue weighted by Crippen LogP contribution is 2.24. The molecule has 0 heterocycles. The molecule has 0 aliphatic rings. The van der Waals surface area contributed by atoms with E-state index >= 15 is 0 Å². The Balaban J connectivity index is 2.34. The third-order valence-corrected chi connectivity index (χ3v) is 5.86. The number of amides is 1. The number of hydrogen-bond acceptors (Lipinski definition) is 3. The van der Waals surface area contributed by atoms with Crippen molar-refractivity contribution in [1.29, 1.82) is 0 Å². The molecule has 2 aromatic carbocycles. The first-order valence-corrected chi connectivity index (χ1v) is 10.2. The number of benzene rings is 2. The van der Waals surface area contributed by atoms with Crippen molar-refractivity contribution in [1.82, 2.24) is 5.32 Å². The van der Waals surface area contributed by atoms with Gasteiger partial charge in [-0.05, 0) is 44.5 Å². The van der Waals surface area contributed by atoms with Gasteiger partial charge in [0.1, 0.15) is 6.54 Å². The molecular formula is C20H26N2O3S. The minimum absolute atomic E-state index is 0.171. The van der Waals surface area contributed by atoms with E-state index in [9.17, 15) is 13.2 Å². The van der Waals surface area contributed by atoms with E-state index in [1.54, 1.807) is 36.4 Å². The maximum Gasteiger partial charge on any atom is 0.264 e. The molecule has 140 valence electrons. The van der Waals surface area contributed by atoms with Gasteiger partial charge in [0, 0.05) is 6.54 Å². The van der Waals surface area contributed by atoms with Gasteiger partial charge in [-0.1, -0.05) is 48.7 Å². The van der Waals surface area contributed by atoms with E-state index in [0.717, 1.165) is 24.0 Å². The number of aryl methyl sites for hydroxylation is 2. The van der Waals surface area contributed by atoms with E-state index in [-0.39, 0.29) is 17.3 Å². The second kappa shape index (κ2) is 8.85. The van der Waals surface area contributed by atoms with E-state index in [2.05, 4.69) is 5.32 Å². The number of carbonyl (C=O) groups is 1. The maximum atomic E-state index is 13.1. The molecule has 0 radical (unpaired) electrons. The first-order chi connectivity index (χ1) is 12.3. The highest BCUT2D eigenvalue weighted by molar-refractivity contribution is 7.92. The number of anilines is 1. The lowest BCUT2D eigenvalue weighted by Gasteiger charge is -2.24. The van der Waals surface area contributed by atoms with Crippen LogP contribution in [0.5, 0.6) is 0 Å². The summed E-state index contributed by atoms with van der Waals surface area (Å²) in [6.45, 7) is 6.16. The van der Waals surface area contributed by atoms with Crippen molar-refractivity contribution < 1.29 is 13.2 Å². The monoisotopic (exact) mass is 374 g/mol. The molecule has 0 fully saturated rings. The zero-order valence-corrected chi connectivity index (χ0v) is 16.3. The highest BCUT2D eigenvalue weighted by atomic mass is 32.2. The highest BCUT2D eigenvalue weighted by Gasteiger charge is 2.27. The molecule has 1 amide bonds. The number of rotatable bonds is 8. The molecule has 6 heteroatoms. The summed E-state index contributed by atoms with van der Waals surface area (Å²) < 4.78 is 27.4. The maximum absolute atomic E-state index is 13.1. The lowest BCUT2D eigenvalue weighted by molar-refractivity contribution is -0.119. The first-order valence-electron chi connectivity index (χ1n) is 8.77. The molecule has 0 atom stereocenters. The van der Waals surface area contributed by atoms with Gasteiger partial charge < -0.3 is 5.32 Å². The second-order valence-electron chi connectivity index (χ2n) is 6.36. The van der Waals surface area contributed by atoms with Crippen molar-refractivity contribution in [2.45, 2.75) is 38.5 Å². The third-order valence-electron chi connectivity index (χ3n) is 4.07. The summed E-state index contributed by atoms with van der Waals surface area (Å²) in [6.07, 6.45) is 1.82. The van der Waals surface area contributed by atoms with Crippen LogP contribution in [0.15, 0.2) is 53.4 Å². The molecule has 26 heavy (non-hydrogen) atoms. The number of nitrogens with one attached hydrogen (secondary N) is 1. The largest absolute Gasteiger partial charge is 0.355 e. The normalized spacial score (nSPS) is 11.2. The first kappa shape index (κ1) is 20.0. The number of carbonyl (C=O) groups excluding carboxylic acids is 1. The summed E-state index contributed by atoms with van der Waals surface area (Å²) >= 11 is 0. The minimum atomic E-state index is -3.84. The van der Waals surface area contributed by atoms with Gasteiger partial charge in [-0.25, -0.2) is 8.42 Å². The van der Waals surface area contributed by atoms with Gasteiger partial charge in [-0.2, -0.15) is 0 Å². The Morgan fingerprint density at radius 3 is 2.04 bits per heavy atom. The minimum Gasteiger partial charge on any atom is -0.355 e. The van der Waals surface area contributed by atoms with Crippen LogP contribution in [-0.4, -0.2) is 27.4 Å². The molecule has 2 rings (SSSR count). The summed E-state index contributed by atoms with van der Waals surface area (Å²) in [5.41, 5.74) is 2.47. The Bertz CT molecular complexity index is 828. The van der Waals surface area contributed by atoms with E-state index in [0.29, 0.717) is 12.2 Å². The van der Waals surface area contributed by atoms with Gasteiger partial charge in [0.2, 0.25) is 5.91 Å². The van der Waals surface area contributed by atoms with Crippen LogP contribution in [0.25, 0.3) is 0 Å². The lowest BCUT2D eigenvalue weighted by atomic mass is 10.2. The van der Waals surface area contributed by atoms with Crippen LogP contribution in [0, 0.1) is 13.8 Å². The molecule has 0 saturated carbocycles. The number of hydrogen-bond donors (Lipinski definition) is 1. The van der Waals surface area contributed by atoms with Crippen molar-refractivity contribution >= 4 is 21.6 Å². The Hall–Kier alpha value is -2.34.